The van der Waals surface area contributed by atoms with Gasteiger partial charge in [-0.15, -0.1) is 0 Å². The van der Waals surface area contributed by atoms with Crippen molar-refractivity contribution in [3.63, 3.8) is 0 Å². The molecule has 3 rings (SSSR count). The third-order valence-electron chi connectivity index (χ3n) is 4.85. The fourth-order valence-electron chi connectivity index (χ4n) is 3.24. The number of carbonyl (C=O) groups is 3. The summed E-state index contributed by atoms with van der Waals surface area (Å²) in [5, 5.41) is 2.26. The van der Waals surface area contributed by atoms with Crippen LogP contribution in [0.2, 0.25) is 0 Å². The summed E-state index contributed by atoms with van der Waals surface area (Å²) >= 11 is 2.12. The Kier molecular flexibility index (Phi) is 6.99. The van der Waals surface area contributed by atoms with Crippen molar-refractivity contribution in [3.05, 3.63) is 56.2 Å². The number of nitrogens with one attached hydrogen (secondary N) is 1. The molecular formula is C23H23IN2O5. The molecule has 1 aliphatic heterocycles. The van der Waals surface area contributed by atoms with Crippen LogP contribution in [0.25, 0.3) is 6.08 Å². The first-order valence-electron chi connectivity index (χ1n) is 9.85. The van der Waals surface area contributed by atoms with Gasteiger partial charge in [-0.1, -0.05) is 12.1 Å². The first-order valence-corrected chi connectivity index (χ1v) is 10.9. The highest BCUT2D eigenvalue weighted by Gasteiger charge is 2.37. The van der Waals surface area contributed by atoms with Gasteiger partial charge in [-0.05, 0) is 91.3 Å². The normalized spacial score (nSPS) is 15.3. The van der Waals surface area contributed by atoms with E-state index in [9.17, 15) is 14.4 Å². The lowest BCUT2D eigenvalue weighted by Crippen LogP contribution is -2.54. The topological polar surface area (TPSA) is 84.9 Å². The summed E-state index contributed by atoms with van der Waals surface area (Å²) in [6, 6.07) is 8.08. The molecule has 0 atom stereocenters. The molecule has 0 spiro atoms. The van der Waals surface area contributed by atoms with E-state index >= 15 is 0 Å². The molecule has 0 aliphatic carbocycles. The van der Waals surface area contributed by atoms with Crippen molar-refractivity contribution < 1.29 is 23.9 Å². The molecule has 7 nitrogen and oxygen atoms in total. The average molecular weight is 534 g/mol. The Hall–Kier alpha value is -2.88. The van der Waals surface area contributed by atoms with Crippen molar-refractivity contribution in [2.75, 3.05) is 18.1 Å². The minimum absolute atomic E-state index is 0.136. The Bertz CT molecular complexity index is 1090. The number of imide groups is 2. The Morgan fingerprint density at radius 1 is 1.06 bits per heavy atom. The molecule has 1 aliphatic rings. The number of ether oxygens (including phenoxy) is 2. The first-order chi connectivity index (χ1) is 14.8. The van der Waals surface area contributed by atoms with Gasteiger partial charge in [0.2, 0.25) is 0 Å². The molecule has 0 radical (unpaired) electrons. The maximum atomic E-state index is 13.2. The van der Waals surface area contributed by atoms with Crippen LogP contribution in [0.5, 0.6) is 11.5 Å². The summed E-state index contributed by atoms with van der Waals surface area (Å²) in [6.45, 7) is 8.37. The summed E-state index contributed by atoms with van der Waals surface area (Å²) in [4.78, 5) is 39.2. The van der Waals surface area contributed by atoms with Gasteiger partial charge in [0.15, 0.2) is 11.5 Å². The number of rotatable bonds is 6. The molecule has 8 heteroatoms. The number of aryl methyl sites for hydroxylation is 1. The monoisotopic (exact) mass is 534 g/mol. The van der Waals surface area contributed by atoms with E-state index in [1.807, 2.05) is 33.8 Å². The predicted molar refractivity (Wildman–Crippen MR) is 126 cm³/mol. The molecule has 1 saturated heterocycles. The van der Waals surface area contributed by atoms with E-state index in [0.717, 1.165) is 19.6 Å². The Morgan fingerprint density at radius 3 is 2.45 bits per heavy atom. The predicted octanol–water partition coefficient (Wildman–Crippen LogP) is 4.37. The second-order valence-corrected chi connectivity index (χ2v) is 8.04. The molecule has 1 heterocycles. The average Bonchev–Trinajstić information content (AvgIpc) is 2.71. The highest BCUT2D eigenvalue weighted by molar-refractivity contribution is 14.1. The van der Waals surface area contributed by atoms with Gasteiger partial charge in [0.1, 0.15) is 5.57 Å². The Labute approximate surface area is 194 Å². The lowest BCUT2D eigenvalue weighted by Gasteiger charge is -2.28. The summed E-state index contributed by atoms with van der Waals surface area (Å²) in [5.41, 5.74) is 2.61. The molecule has 4 amide bonds. The largest absolute Gasteiger partial charge is 0.490 e. The summed E-state index contributed by atoms with van der Waals surface area (Å²) < 4.78 is 12.1. The van der Waals surface area contributed by atoms with Crippen molar-refractivity contribution in [2.24, 2.45) is 0 Å². The third-order valence-corrected chi connectivity index (χ3v) is 5.65. The van der Waals surface area contributed by atoms with Crippen LogP contribution in [-0.2, 0) is 9.59 Å². The van der Waals surface area contributed by atoms with E-state index in [2.05, 4.69) is 27.9 Å². The minimum Gasteiger partial charge on any atom is -0.490 e. The number of hydrogen-bond donors (Lipinski definition) is 1. The second-order valence-electron chi connectivity index (χ2n) is 6.87. The summed E-state index contributed by atoms with van der Waals surface area (Å²) in [7, 11) is 0. The molecule has 31 heavy (non-hydrogen) atoms. The molecule has 1 fully saturated rings. The van der Waals surface area contributed by atoms with Crippen LogP contribution >= 0.6 is 22.6 Å². The van der Waals surface area contributed by atoms with Crippen LogP contribution in [0.1, 0.15) is 30.5 Å². The summed E-state index contributed by atoms with van der Waals surface area (Å²) in [5.74, 6) is -0.282. The third kappa shape index (κ3) is 4.58. The fourth-order valence-corrected chi connectivity index (χ4v) is 4.02. The van der Waals surface area contributed by atoms with E-state index in [4.69, 9.17) is 9.47 Å². The van der Waals surface area contributed by atoms with Gasteiger partial charge >= 0.3 is 6.03 Å². The first kappa shape index (κ1) is 22.8. The molecule has 2 aromatic rings. The van der Waals surface area contributed by atoms with Gasteiger partial charge in [-0.25, -0.2) is 9.69 Å². The van der Waals surface area contributed by atoms with Crippen molar-refractivity contribution in [2.45, 2.75) is 27.7 Å². The quantitative estimate of drug-likeness (QED) is 0.338. The number of benzene rings is 2. The molecule has 1 N–H and O–H groups in total. The number of urea groups is 1. The fraction of sp³-hybridized carbons (Fsp3) is 0.261. The Balaban J connectivity index is 2.07. The van der Waals surface area contributed by atoms with Gasteiger partial charge in [0, 0.05) is 0 Å². The maximum absolute atomic E-state index is 13.2. The van der Waals surface area contributed by atoms with Crippen molar-refractivity contribution >= 4 is 52.2 Å². The van der Waals surface area contributed by atoms with Crippen LogP contribution in [0.3, 0.4) is 0 Å². The van der Waals surface area contributed by atoms with Crippen molar-refractivity contribution in [1.82, 2.24) is 5.32 Å². The zero-order valence-electron chi connectivity index (χ0n) is 17.7. The zero-order valence-corrected chi connectivity index (χ0v) is 19.9. The van der Waals surface area contributed by atoms with Crippen LogP contribution < -0.4 is 19.7 Å². The van der Waals surface area contributed by atoms with E-state index in [1.165, 1.54) is 6.08 Å². The van der Waals surface area contributed by atoms with Crippen molar-refractivity contribution in [1.29, 1.82) is 0 Å². The van der Waals surface area contributed by atoms with E-state index in [1.54, 1.807) is 24.3 Å². The minimum atomic E-state index is -0.767. The standard InChI is InChI=1S/C23H23IN2O5/c1-5-30-19-12-15(11-17(24)20(19)31-6-2)10-16-21(27)25-23(29)26(22(16)28)18-9-7-8-13(3)14(18)4/h7-12H,5-6H2,1-4H3,(H,25,27,29)/b16-10+. The number of hydrogen-bond acceptors (Lipinski definition) is 5. The number of carbonyl (C=O) groups excluding carboxylic acids is 3. The highest BCUT2D eigenvalue weighted by atomic mass is 127. The molecule has 0 unspecified atom stereocenters. The summed E-state index contributed by atoms with van der Waals surface area (Å²) in [6.07, 6.45) is 1.46. The van der Waals surface area contributed by atoms with Gasteiger partial charge in [0.25, 0.3) is 11.8 Å². The Morgan fingerprint density at radius 2 is 1.77 bits per heavy atom. The molecule has 0 aromatic heterocycles. The molecule has 2 aromatic carbocycles. The van der Waals surface area contributed by atoms with Gasteiger partial charge in [-0.3, -0.25) is 14.9 Å². The maximum Gasteiger partial charge on any atom is 0.335 e. The lowest BCUT2D eigenvalue weighted by atomic mass is 10.0. The number of amides is 4. The molecular weight excluding hydrogens is 511 g/mol. The van der Waals surface area contributed by atoms with E-state index < -0.39 is 17.8 Å². The number of anilines is 1. The van der Waals surface area contributed by atoms with Gasteiger partial charge in [0.05, 0.1) is 22.5 Å². The molecule has 0 saturated carbocycles. The van der Waals surface area contributed by atoms with Crippen molar-refractivity contribution in [3.8, 4) is 11.5 Å². The highest BCUT2D eigenvalue weighted by Crippen LogP contribution is 2.35. The zero-order chi connectivity index (χ0) is 22.7. The number of barbiturate groups is 1. The lowest BCUT2D eigenvalue weighted by molar-refractivity contribution is -0.122. The van der Waals surface area contributed by atoms with Crippen LogP contribution in [-0.4, -0.2) is 31.1 Å². The van der Waals surface area contributed by atoms with E-state index in [-0.39, 0.29) is 5.57 Å². The van der Waals surface area contributed by atoms with Gasteiger partial charge in [-0.2, -0.15) is 0 Å². The SMILES string of the molecule is CCOc1cc(/C=C2\C(=O)NC(=O)N(c3cccc(C)c3C)C2=O)cc(I)c1OCC. The van der Waals surface area contributed by atoms with E-state index in [0.29, 0.717) is 36.0 Å². The van der Waals surface area contributed by atoms with Gasteiger partial charge < -0.3 is 9.47 Å². The smallest absolute Gasteiger partial charge is 0.335 e. The number of halogens is 1. The second kappa shape index (κ2) is 9.51. The molecule has 0 bridgehead atoms. The van der Waals surface area contributed by atoms with Crippen LogP contribution in [0, 0.1) is 17.4 Å². The van der Waals surface area contributed by atoms with Crippen LogP contribution in [0.15, 0.2) is 35.9 Å². The number of nitrogens with zero attached hydrogens (tertiary/aromatic N) is 1. The van der Waals surface area contributed by atoms with Crippen LogP contribution in [0.4, 0.5) is 10.5 Å². The molecule has 162 valence electrons.